The third-order valence-electron chi connectivity index (χ3n) is 6.65. The summed E-state index contributed by atoms with van der Waals surface area (Å²) in [5.41, 5.74) is 3.75. The minimum absolute atomic E-state index is 0.0690. The van der Waals surface area contributed by atoms with Gasteiger partial charge < -0.3 is 10.1 Å². The summed E-state index contributed by atoms with van der Waals surface area (Å²) in [6.07, 6.45) is 1.73. The van der Waals surface area contributed by atoms with Crippen molar-refractivity contribution in [1.29, 1.82) is 0 Å². The molecular formula is C32H28FN3O4S. The van der Waals surface area contributed by atoms with Crippen LogP contribution in [0.2, 0.25) is 0 Å². The smallest absolute Gasteiger partial charge is 0.274 e. The molecule has 4 aromatic carbocycles. The van der Waals surface area contributed by atoms with E-state index in [1.54, 1.807) is 35.0 Å². The van der Waals surface area contributed by atoms with Crippen LogP contribution in [0.3, 0.4) is 0 Å². The van der Waals surface area contributed by atoms with E-state index in [0.29, 0.717) is 41.0 Å². The second-order valence-electron chi connectivity index (χ2n) is 9.50. The van der Waals surface area contributed by atoms with Gasteiger partial charge in [0.15, 0.2) is 21.4 Å². The topological polar surface area (TPSA) is 90.3 Å². The number of nitrogens with zero attached hydrogens (tertiary/aromatic N) is 2. The number of nitrogens with one attached hydrogen (secondary N) is 1. The molecule has 7 nitrogen and oxygen atoms in total. The van der Waals surface area contributed by atoms with E-state index in [0.717, 1.165) is 11.8 Å². The van der Waals surface area contributed by atoms with E-state index in [2.05, 4.69) is 5.32 Å². The number of benzene rings is 4. The van der Waals surface area contributed by atoms with Crippen molar-refractivity contribution in [2.45, 2.75) is 17.9 Å². The fourth-order valence-electron chi connectivity index (χ4n) is 4.60. The number of hydrogen-bond donors (Lipinski definition) is 1. The second kappa shape index (κ2) is 11.8. The highest BCUT2D eigenvalue weighted by atomic mass is 32.2. The molecule has 0 saturated carbocycles. The first-order valence-electron chi connectivity index (χ1n) is 12.9. The maximum absolute atomic E-state index is 15.0. The van der Waals surface area contributed by atoms with Crippen LogP contribution in [0.1, 0.15) is 16.1 Å². The van der Waals surface area contributed by atoms with Crippen molar-refractivity contribution in [2.75, 3.05) is 18.7 Å². The number of carbonyl (C=O) groups is 1. The van der Waals surface area contributed by atoms with E-state index in [4.69, 9.17) is 9.84 Å². The van der Waals surface area contributed by atoms with Crippen LogP contribution in [-0.4, -0.2) is 37.5 Å². The molecule has 0 saturated heterocycles. The van der Waals surface area contributed by atoms with Crippen molar-refractivity contribution in [3.8, 4) is 28.1 Å². The standard InChI is InChI=1S/C32H28FN3O4S/c1-40-28-18-15-24(21-27(28)33)29-30(23-13-16-26(17-14-23)41(2,38)39)35-36(20-19-22-9-5-3-6-10-22)31(29)32(37)34-25-11-7-4-8-12-25/h3-18,21H,19-20H2,1-2H3,(H,34,37). The number of sulfone groups is 1. The fourth-order valence-corrected chi connectivity index (χ4v) is 5.23. The van der Waals surface area contributed by atoms with Crippen LogP contribution < -0.4 is 10.1 Å². The summed E-state index contributed by atoms with van der Waals surface area (Å²) < 4.78 is 45.9. The van der Waals surface area contributed by atoms with Crippen LogP contribution >= 0.6 is 0 Å². The van der Waals surface area contributed by atoms with Crippen molar-refractivity contribution in [1.82, 2.24) is 9.78 Å². The Balaban J connectivity index is 1.70. The largest absolute Gasteiger partial charge is 0.494 e. The molecule has 0 fully saturated rings. The Morgan fingerprint density at radius 2 is 1.54 bits per heavy atom. The van der Waals surface area contributed by atoms with Gasteiger partial charge in [-0.25, -0.2) is 12.8 Å². The number of hydrogen-bond acceptors (Lipinski definition) is 5. The summed E-state index contributed by atoms with van der Waals surface area (Å²) >= 11 is 0. The molecule has 0 atom stereocenters. The molecule has 1 aromatic heterocycles. The normalized spacial score (nSPS) is 11.3. The number of aryl methyl sites for hydroxylation is 2. The van der Waals surface area contributed by atoms with Crippen molar-refractivity contribution >= 4 is 21.4 Å². The molecule has 1 amide bonds. The molecule has 208 valence electrons. The number of ether oxygens (including phenoxy) is 1. The highest BCUT2D eigenvalue weighted by Crippen LogP contribution is 2.37. The summed E-state index contributed by atoms with van der Waals surface area (Å²) in [6, 6.07) is 29.6. The fraction of sp³-hybridized carbons (Fsp3) is 0.125. The van der Waals surface area contributed by atoms with Crippen molar-refractivity contribution in [3.05, 3.63) is 120 Å². The molecule has 0 aliphatic carbocycles. The number of rotatable bonds is 9. The van der Waals surface area contributed by atoms with Gasteiger partial charge in [-0.05, 0) is 53.9 Å². The monoisotopic (exact) mass is 569 g/mol. The Morgan fingerprint density at radius 3 is 2.15 bits per heavy atom. The van der Waals surface area contributed by atoms with Gasteiger partial charge in [-0.15, -0.1) is 0 Å². The van der Waals surface area contributed by atoms with Crippen LogP contribution in [0.5, 0.6) is 5.75 Å². The average Bonchev–Trinajstić information content (AvgIpc) is 3.36. The molecule has 0 bridgehead atoms. The van der Waals surface area contributed by atoms with Crippen molar-refractivity contribution in [2.24, 2.45) is 0 Å². The first kappa shape index (κ1) is 27.8. The third kappa shape index (κ3) is 6.20. The zero-order valence-electron chi connectivity index (χ0n) is 22.5. The van der Waals surface area contributed by atoms with Crippen LogP contribution in [0.15, 0.2) is 108 Å². The lowest BCUT2D eigenvalue weighted by Gasteiger charge is -2.12. The molecule has 0 unspecified atom stereocenters. The number of halogens is 1. The summed E-state index contributed by atoms with van der Waals surface area (Å²) in [5, 5.41) is 7.79. The molecule has 1 N–H and O–H groups in total. The first-order valence-corrected chi connectivity index (χ1v) is 14.8. The van der Waals surface area contributed by atoms with Crippen LogP contribution in [0, 0.1) is 5.82 Å². The quantitative estimate of drug-likeness (QED) is 0.226. The van der Waals surface area contributed by atoms with Crippen molar-refractivity contribution < 1.29 is 22.3 Å². The molecule has 5 aromatic rings. The van der Waals surface area contributed by atoms with Gasteiger partial charge in [-0.1, -0.05) is 66.7 Å². The Kier molecular flexibility index (Phi) is 7.98. The lowest BCUT2D eigenvalue weighted by atomic mass is 9.98. The highest BCUT2D eigenvalue weighted by molar-refractivity contribution is 7.90. The van der Waals surface area contributed by atoms with Gasteiger partial charge in [0.1, 0.15) is 11.4 Å². The first-order chi connectivity index (χ1) is 19.7. The predicted molar refractivity (Wildman–Crippen MR) is 157 cm³/mol. The maximum Gasteiger partial charge on any atom is 0.274 e. The van der Waals surface area contributed by atoms with Gasteiger partial charge in [0.2, 0.25) is 0 Å². The highest BCUT2D eigenvalue weighted by Gasteiger charge is 2.27. The maximum atomic E-state index is 15.0. The molecule has 0 spiro atoms. The molecular weight excluding hydrogens is 541 g/mol. The SMILES string of the molecule is COc1ccc(-c2c(-c3ccc(S(C)(=O)=O)cc3)nn(CCc3ccccc3)c2C(=O)Nc2ccccc2)cc1F. The lowest BCUT2D eigenvalue weighted by molar-refractivity contribution is 0.101. The molecule has 9 heteroatoms. The molecule has 41 heavy (non-hydrogen) atoms. The molecule has 5 rings (SSSR count). The van der Waals surface area contributed by atoms with E-state index in [-0.39, 0.29) is 16.3 Å². The number of para-hydroxylation sites is 1. The summed E-state index contributed by atoms with van der Waals surface area (Å²) in [4.78, 5) is 14.1. The molecule has 1 heterocycles. The Bertz CT molecular complexity index is 1790. The lowest BCUT2D eigenvalue weighted by Crippen LogP contribution is -2.19. The zero-order chi connectivity index (χ0) is 29.0. The Hall–Kier alpha value is -4.76. The van der Waals surface area contributed by atoms with Gasteiger partial charge in [0.05, 0.1) is 12.0 Å². The average molecular weight is 570 g/mol. The summed E-state index contributed by atoms with van der Waals surface area (Å²) in [7, 11) is -2.04. The van der Waals surface area contributed by atoms with E-state index < -0.39 is 21.6 Å². The van der Waals surface area contributed by atoms with Gasteiger partial charge >= 0.3 is 0 Å². The van der Waals surface area contributed by atoms with E-state index in [1.807, 2.05) is 48.5 Å². The summed E-state index contributed by atoms with van der Waals surface area (Å²) in [6.45, 7) is 0.370. The molecule has 0 radical (unpaired) electrons. The molecule has 0 aliphatic rings. The van der Waals surface area contributed by atoms with E-state index in [9.17, 15) is 17.6 Å². The number of aromatic nitrogens is 2. The van der Waals surface area contributed by atoms with Crippen LogP contribution in [0.25, 0.3) is 22.4 Å². The van der Waals surface area contributed by atoms with Gasteiger partial charge in [-0.3, -0.25) is 9.48 Å². The summed E-state index contributed by atoms with van der Waals surface area (Å²) in [5.74, 6) is -0.934. The van der Waals surface area contributed by atoms with Crippen LogP contribution in [-0.2, 0) is 22.8 Å². The molecule has 0 aliphatic heterocycles. The van der Waals surface area contributed by atoms with Crippen molar-refractivity contribution in [3.63, 3.8) is 0 Å². The van der Waals surface area contributed by atoms with Gasteiger partial charge in [0, 0.05) is 29.6 Å². The minimum Gasteiger partial charge on any atom is -0.494 e. The van der Waals surface area contributed by atoms with Gasteiger partial charge in [0.25, 0.3) is 5.91 Å². The van der Waals surface area contributed by atoms with E-state index in [1.165, 1.54) is 31.4 Å². The minimum atomic E-state index is -3.42. The Morgan fingerprint density at radius 1 is 0.902 bits per heavy atom. The second-order valence-corrected chi connectivity index (χ2v) is 11.5. The zero-order valence-corrected chi connectivity index (χ0v) is 23.4. The number of anilines is 1. The number of methoxy groups -OCH3 is 1. The number of carbonyl (C=O) groups excluding carboxylic acids is 1. The third-order valence-corrected chi connectivity index (χ3v) is 7.78. The Labute approximate surface area is 238 Å². The number of amides is 1. The van der Waals surface area contributed by atoms with E-state index >= 15 is 0 Å². The van der Waals surface area contributed by atoms with Gasteiger partial charge in [-0.2, -0.15) is 5.10 Å². The predicted octanol–water partition coefficient (Wildman–Crippen LogP) is 6.26. The van der Waals surface area contributed by atoms with Crippen LogP contribution in [0.4, 0.5) is 10.1 Å².